The molecule has 4 rings (SSSR count). The van der Waals surface area contributed by atoms with Crippen LogP contribution < -0.4 is 4.90 Å². The van der Waals surface area contributed by atoms with Gasteiger partial charge in [0.25, 0.3) is 5.91 Å². The van der Waals surface area contributed by atoms with Crippen molar-refractivity contribution < 1.29 is 14.3 Å². The predicted molar refractivity (Wildman–Crippen MR) is 104 cm³/mol. The number of piperazine rings is 1. The lowest BCUT2D eigenvalue weighted by atomic mass is 10.2. The third kappa shape index (κ3) is 4.17. The molecule has 0 bridgehead atoms. The van der Waals surface area contributed by atoms with Gasteiger partial charge in [-0.05, 0) is 18.2 Å². The van der Waals surface area contributed by atoms with Crippen LogP contribution in [0.15, 0.2) is 48.8 Å². The molecule has 2 fully saturated rings. The van der Waals surface area contributed by atoms with Crippen molar-refractivity contribution in [1.29, 1.82) is 0 Å². The lowest BCUT2D eigenvalue weighted by molar-refractivity contribution is -0.154. The molecule has 2 saturated heterocycles. The zero-order valence-electron chi connectivity index (χ0n) is 15.8. The smallest absolute Gasteiger partial charge is 0.253 e. The molecule has 28 heavy (non-hydrogen) atoms. The van der Waals surface area contributed by atoms with Crippen molar-refractivity contribution >= 4 is 17.5 Å². The monoisotopic (exact) mass is 383 g/mol. The van der Waals surface area contributed by atoms with Crippen LogP contribution in [0.25, 0.3) is 0 Å². The summed E-state index contributed by atoms with van der Waals surface area (Å²) in [7, 11) is 0. The fourth-order valence-corrected chi connectivity index (χ4v) is 3.69. The maximum absolute atomic E-state index is 12.9. The summed E-state index contributed by atoms with van der Waals surface area (Å²) in [5.74, 6) is -0.0667. The number of nitrogens with zero attached hydrogens (tertiary/aromatic N) is 5. The van der Waals surface area contributed by atoms with E-state index in [-0.39, 0.29) is 18.4 Å². The molecule has 0 radical (unpaired) electrons. The molecule has 0 N–H and O–H groups in total. The molecule has 1 atom stereocenters. The first-order chi connectivity index (χ1) is 13.7. The topological polar surface area (TPSA) is 70.9 Å². The maximum atomic E-state index is 12.9. The molecule has 1 unspecified atom stereocenters. The van der Waals surface area contributed by atoms with Crippen molar-refractivity contribution in [2.45, 2.75) is 12.6 Å². The summed E-state index contributed by atoms with van der Waals surface area (Å²) in [4.78, 5) is 31.2. The van der Waals surface area contributed by atoms with Gasteiger partial charge in [-0.25, -0.2) is 0 Å². The molecule has 1 aromatic heterocycles. The van der Waals surface area contributed by atoms with Crippen LogP contribution in [0.4, 0.5) is 5.69 Å². The van der Waals surface area contributed by atoms with Gasteiger partial charge in [-0.1, -0.05) is 18.2 Å². The van der Waals surface area contributed by atoms with Crippen molar-refractivity contribution in [2.24, 2.45) is 0 Å². The number of rotatable bonds is 4. The highest BCUT2D eigenvalue weighted by Crippen LogP contribution is 2.17. The normalized spacial score (nSPS) is 20.3. The Kier molecular flexibility index (Phi) is 5.57. The summed E-state index contributed by atoms with van der Waals surface area (Å²) in [5.41, 5.74) is 1.18. The number of amides is 2. The Morgan fingerprint density at radius 2 is 1.79 bits per heavy atom. The van der Waals surface area contributed by atoms with Crippen LogP contribution >= 0.6 is 0 Å². The van der Waals surface area contributed by atoms with Crippen molar-refractivity contribution in [2.75, 3.05) is 50.8 Å². The van der Waals surface area contributed by atoms with Crippen LogP contribution in [-0.4, -0.2) is 83.4 Å². The number of para-hydroxylation sites is 1. The summed E-state index contributed by atoms with van der Waals surface area (Å²) in [6.45, 7) is 4.29. The van der Waals surface area contributed by atoms with Crippen LogP contribution in [0.5, 0.6) is 0 Å². The molecule has 2 aliphatic heterocycles. The van der Waals surface area contributed by atoms with E-state index in [1.807, 2.05) is 23.1 Å². The molecule has 8 nitrogen and oxygen atoms in total. The summed E-state index contributed by atoms with van der Waals surface area (Å²) in [6.07, 6.45) is 2.82. The molecule has 0 saturated carbocycles. The van der Waals surface area contributed by atoms with Crippen LogP contribution in [0, 0.1) is 0 Å². The molecule has 0 spiro atoms. The molecular formula is C20H25N5O3. The second-order valence-corrected chi connectivity index (χ2v) is 7.05. The number of carbonyl (C=O) groups excluding carboxylic acids is 2. The van der Waals surface area contributed by atoms with E-state index in [9.17, 15) is 9.59 Å². The maximum Gasteiger partial charge on any atom is 0.253 e. The van der Waals surface area contributed by atoms with Gasteiger partial charge in [0, 0.05) is 50.8 Å². The van der Waals surface area contributed by atoms with E-state index in [1.165, 1.54) is 5.69 Å². The van der Waals surface area contributed by atoms with Crippen LogP contribution in [0.3, 0.4) is 0 Å². The van der Waals surface area contributed by atoms with E-state index in [1.54, 1.807) is 28.0 Å². The van der Waals surface area contributed by atoms with Gasteiger partial charge in [-0.15, -0.1) is 0 Å². The fraction of sp³-hybridized carbons (Fsp3) is 0.450. The van der Waals surface area contributed by atoms with Gasteiger partial charge >= 0.3 is 0 Å². The highest BCUT2D eigenvalue weighted by atomic mass is 16.5. The Labute approximate surface area is 164 Å². The minimum absolute atomic E-state index is 0.0238. The number of anilines is 1. The van der Waals surface area contributed by atoms with Crippen LogP contribution in [-0.2, 0) is 20.9 Å². The number of hydrogen-bond donors (Lipinski definition) is 0. The quantitative estimate of drug-likeness (QED) is 0.767. The summed E-state index contributed by atoms with van der Waals surface area (Å²) < 4.78 is 7.29. The van der Waals surface area contributed by atoms with Gasteiger partial charge < -0.3 is 19.4 Å². The minimum atomic E-state index is -0.585. The van der Waals surface area contributed by atoms with E-state index in [2.05, 4.69) is 22.1 Å². The lowest BCUT2D eigenvalue weighted by Crippen LogP contribution is -2.56. The molecule has 1 aromatic carbocycles. The van der Waals surface area contributed by atoms with Crippen molar-refractivity contribution in [3.05, 3.63) is 48.8 Å². The average molecular weight is 383 g/mol. The van der Waals surface area contributed by atoms with E-state index < -0.39 is 6.10 Å². The van der Waals surface area contributed by atoms with Gasteiger partial charge in [-0.3, -0.25) is 14.3 Å². The van der Waals surface area contributed by atoms with Crippen molar-refractivity contribution in [1.82, 2.24) is 19.6 Å². The Hall–Kier alpha value is -2.87. The number of hydrogen-bond acceptors (Lipinski definition) is 5. The molecular weight excluding hydrogens is 358 g/mol. The van der Waals surface area contributed by atoms with E-state index in [0.29, 0.717) is 32.8 Å². The minimum Gasteiger partial charge on any atom is -0.368 e. The van der Waals surface area contributed by atoms with E-state index in [0.717, 1.165) is 13.1 Å². The molecule has 2 amide bonds. The highest BCUT2D eigenvalue weighted by Gasteiger charge is 2.33. The molecule has 2 aromatic rings. The Bertz CT molecular complexity index is 787. The van der Waals surface area contributed by atoms with Crippen LogP contribution in [0.2, 0.25) is 0 Å². The third-order valence-corrected chi connectivity index (χ3v) is 5.26. The SMILES string of the molecule is O=C(Cn1cccn1)N1CCOC(C(=O)N2CCN(c3ccccc3)CC2)C1. The molecule has 0 aliphatic carbocycles. The summed E-state index contributed by atoms with van der Waals surface area (Å²) >= 11 is 0. The predicted octanol–water partition coefficient (Wildman–Crippen LogP) is 0.459. The zero-order chi connectivity index (χ0) is 19.3. The largest absolute Gasteiger partial charge is 0.368 e. The Morgan fingerprint density at radius 1 is 1.00 bits per heavy atom. The summed E-state index contributed by atoms with van der Waals surface area (Å²) in [5, 5.41) is 4.07. The number of ether oxygens (including phenoxy) is 1. The molecule has 3 heterocycles. The second-order valence-electron chi connectivity index (χ2n) is 7.05. The van der Waals surface area contributed by atoms with Crippen molar-refractivity contribution in [3.63, 3.8) is 0 Å². The van der Waals surface area contributed by atoms with Gasteiger partial charge in [0.05, 0.1) is 13.2 Å². The number of carbonyl (C=O) groups is 2. The second kappa shape index (κ2) is 8.43. The highest BCUT2D eigenvalue weighted by molar-refractivity contribution is 5.83. The fourth-order valence-electron chi connectivity index (χ4n) is 3.69. The molecule has 2 aliphatic rings. The summed E-state index contributed by atoms with van der Waals surface area (Å²) in [6, 6.07) is 12.0. The van der Waals surface area contributed by atoms with Gasteiger partial charge in [0.15, 0.2) is 6.10 Å². The first kappa shape index (κ1) is 18.5. The first-order valence-electron chi connectivity index (χ1n) is 9.66. The average Bonchev–Trinajstić information content (AvgIpc) is 3.27. The van der Waals surface area contributed by atoms with Gasteiger partial charge in [0.1, 0.15) is 6.54 Å². The first-order valence-corrected chi connectivity index (χ1v) is 9.66. The molecule has 148 valence electrons. The Morgan fingerprint density at radius 3 is 2.50 bits per heavy atom. The van der Waals surface area contributed by atoms with E-state index >= 15 is 0 Å². The molecule has 8 heteroatoms. The van der Waals surface area contributed by atoms with Gasteiger partial charge in [0.2, 0.25) is 5.91 Å². The lowest BCUT2D eigenvalue weighted by Gasteiger charge is -2.39. The Balaban J connectivity index is 1.30. The third-order valence-electron chi connectivity index (χ3n) is 5.26. The number of benzene rings is 1. The number of morpholine rings is 1. The number of aromatic nitrogens is 2. The van der Waals surface area contributed by atoms with Crippen molar-refractivity contribution in [3.8, 4) is 0 Å². The van der Waals surface area contributed by atoms with Gasteiger partial charge in [-0.2, -0.15) is 5.10 Å². The zero-order valence-corrected chi connectivity index (χ0v) is 15.8. The van der Waals surface area contributed by atoms with Crippen LogP contribution in [0.1, 0.15) is 0 Å². The van der Waals surface area contributed by atoms with E-state index in [4.69, 9.17) is 4.74 Å². The standard InChI is InChI=1S/C20H25N5O3/c26-19(16-25-8-4-7-21-25)24-13-14-28-18(15-24)20(27)23-11-9-22(10-12-23)17-5-2-1-3-6-17/h1-8,18H,9-16H2.